The van der Waals surface area contributed by atoms with Crippen molar-refractivity contribution in [2.24, 2.45) is 0 Å². The molecule has 0 saturated carbocycles. The molecule has 100 valence electrons. The zero-order valence-electron chi connectivity index (χ0n) is 11.9. The Morgan fingerprint density at radius 3 is 2.26 bits per heavy atom. The summed E-state index contributed by atoms with van der Waals surface area (Å²) < 4.78 is 0. The van der Waals surface area contributed by atoms with Gasteiger partial charge in [-0.3, -0.25) is 0 Å². The van der Waals surface area contributed by atoms with Crippen molar-refractivity contribution in [3.63, 3.8) is 0 Å². The van der Waals surface area contributed by atoms with Crippen molar-refractivity contribution in [2.75, 3.05) is 11.9 Å². The predicted molar refractivity (Wildman–Crippen MR) is 80.3 cm³/mol. The van der Waals surface area contributed by atoms with Crippen LogP contribution in [0, 0.1) is 0 Å². The summed E-state index contributed by atoms with van der Waals surface area (Å²) in [4.78, 5) is 0. The monoisotopic (exact) mass is 255 g/mol. The molecule has 1 atom stereocenters. The lowest BCUT2D eigenvalue weighted by Gasteiger charge is -2.09. The molecular weight excluding hydrogens is 234 g/mol. The topological polar surface area (TPSA) is 37.8 Å². The third-order valence-electron chi connectivity index (χ3n) is 3.41. The number of nitrogens with one attached hydrogen (secondary N) is 1. The molecular formula is C16H21N3. The Morgan fingerprint density at radius 2 is 1.74 bits per heavy atom. The van der Waals surface area contributed by atoms with E-state index in [2.05, 4.69) is 53.6 Å². The number of rotatable bonds is 5. The van der Waals surface area contributed by atoms with Gasteiger partial charge in [0, 0.05) is 12.1 Å². The molecule has 2 aromatic rings. The number of benzene rings is 1. The third-order valence-corrected chi connectivity index (χ3v) is 3.41. The number of hydrogen-bond donors (Lipinski definition) is 1. The first-order chi connectivity index (χ1) is 9.24. The molecule has 0 amide bonds. The van der Waals surface area contributed by atoms with Crippen LogP contribution in [0.1, 0.15) is 38.7 Å². The van der Waals surface area contributed by atoms with Crippen molar-refractivity contribution in [3.05, 3.63) is 42.0 Å². The van der Waals surface area contributed by atoms with E-state index in [9.17, 15) is 0 Å². The van der Waals surface area contributed by atoms with Crippen LogP contribution in [0.15, 0.2) is 36.4 Å². The molecule has 0 saturated heterocycles. The van der Waals surface area contributed by atoms with Gasteiger partial charge in [0.1, 0.15) is 5.82 Å². The van der Waals surface area contributed by atoms with Crippen LogP contribution in [0.2, 0.25) is 0 Å². The van der Waals surface area contributed by atoms with E-state index >= 15 is 0 Å². The minimum absolute atomic E-state index is 0.608. The minimum Gasteiger partial charge on any atom is -0.369 e. The first kappa shape index (κ1) is 13.5. The molecule has 1 aromatic carbocycles. The summed E-state index contributed by atoms with van der Waals surface area (Å²) in [5, 5.41) is 11.6. The SMILES string of the molecule is CCNc1ccc(-c2ccc(C(C)CC)cc2)nn1. The van der Waals surface area contributed by atoms with Crippen molar-refractivity contribution in [2.45, 2.75) is 33.1 Å². The van der Waals surface area contributed by atoms with Crippen LogP contribution in [0.4, 0.5) is 5.82 Å². The second-order valence-electron chi connectivity index (χ2n) is 4.77. The molecule has 1 heterocycles. The second kappa shape index (κ2) is 6.32. The number of aromatic nitrogens is 2. The molecule has 0 radical (unpaired) electrons. The summed E-state index contributed by atoms with van der Waals surface area (Å²) in [5.41, 5.74) is 3.41. The first-order valence-corrected chi connectivity index (χ1v) is 6.92. The van der Waals surface area contributed by atoms with E-state index in [1.54, 1.807) is 0 Å². The van der Waals surface area contributed by atoms with Gasteiger partial charge >= 0.3 is 0 Å². The maximum atomic E-state index is 4.25. The molecule has 1 aromatic heterocycles. The lowest BCUT2D eigenvalue weighted by Crippen LogP contribution is -2.00. The van der Waals surface area contributed by atoms with E-state index in [4.69, 9.17) is 0 Å². The average Bonchev–Trinajstić information content (AvgIpc) is 2.48. The minimum atomic E-state index is 0.608. The van der Waals surface area contributed by atoms with Gasteiger partial charge < -0.3 is 5.32 Å². The van der Waals surface area contributed by atoms with Crippen molar-refractivity contribution in [1.29, 1.82) is 0 Å². The molecule has 0 aliphatic heterocycles. The number of nitrogens with zero attached hydrogens (tertiary/aromatic N) is 2. The highest BCUT2D eigenvalue weighted by atomic mass is 15.2. The standard InChI is InChI=1S/C16H21N3/c1-4-12(3)13-6-8-14(9-7-13)15-10-11-16(17-5-2)19-18-15/h6-12H,4-5H2,1-3H3,(H,17,19). The molecule has 3 heteroatoms. The van der Waals surface area contributed by atoms with Crippen LogP contribution in [-0.4, -0.2) is 16.7 Å². The molecule has 0 bridgehead atoms. The highest BCUT2D eigenvalue weighted by molar-refractivity contribution is 5.60. The van der Waals surface area contributed by atoms with Gasteiger partial charge in [0.05, 0.1) is 5.69 Å². The molecule has 0 spiro atoms. The number of anilines is 1. The average molecular weight is 255 g/mol. The molecule has 19 heavy (non-hydrogen) atoms. The summed E-state index contributed by atoms with van der Waals surface area (Å²) in [6.45, 7) is 7.37. The number of hydrogen-bond acceptors (Lipinski definition) is 3. The lowest BCUT2D eigenvalue weighted by atomic mass is 9.97. The lowest BCUT2D eigenvalue weighted by molar-refractivity contribution is 0.734. The summed E-state index contributed by atoms with van der Waals surface area (Å²) in [5.74, 6) is 1.43. The van der Waals surface area contributed by atoms with E-state index in [1.165, 1.54) is 5.56 Å². The van der Waals surface area contributed by atoms with Crippen LogP contribution in [0.3, 0.4) is 0 Å². The van der Waals surface area contributed by atoms with E-state index in [1.807, 2.05) is 19.1 Å². The third kappa shape index (κ3) is 3.31. The summed E-state index contributed by atoms with van der Waals surface area (Å²) in [7, 11) is 0. The maximum absolute atomic E-state index is 4.25. The van der Waals surface area contributed by atoms with Gasteiger partial charge in [0.15, 0.2) is 0 Å². The summed E-state index contributed by atoms with van der Waals surface area (Å²) in [6.07, 6.45) is 1.16. The second-order valence-corrected chi connectivity index (χ2v) is 4.77. The molecule has 1 N–H and O–H groups in total. The zero-order valence-corrected chi connectivity index (χ0v) is 11.9. The highest BCUT2D eigenvalue weighted by Crippen LogP contribution is 2.23. The van der Waals surface area contributed by atoms with E-state index in [0.717, 1.165) is 30.0 Å². The smallest absolute Gasteiger partial charge is 0.148 e. The molecule has 3 nitrogen and oxygen atoms in total. The van der Waals surface area contributed by atoms with Crippen molar-refractivity contribution >= 4 is 5.82 Å². The van der Waals surface area contributed by atoms with Gasteiger partial charge in [-0.1, -0.05) is 38.1 Å². The van der Waals surface area contributed by atoms with E-state index in [0.29, 0.717) is 5.92 Å². The van der Waals surface area contributed by atoms with E-state index < -0.39 is 0 Å². The molecule has 0 aliphatic carbocycles. The van der Waals surface area contributed by atoms with Crippen LogP contribution >= 0.6 is 0 Å². The predicted octanol–water partition coefficient (Wildman–Crippen LogP) is 4.09. The normalized spacial score (nSPS) is 12.2. The zero-order chi connectivity index (χ0) is 13.7. The van der Waals surface area contributed by atoms with Crippen LogP contribution in [-0.2, 0) is 0 Å². The Balaban J connectivity index is 2.17. The van der Waals surface area contributed by atoms with Gasteiger partial charge in [0.2, 0.25) is 0 Å². The quantitative estimate of drug-likeness (QED) is 0.874. The molecule has 1 unspecified atom stereocenters. The van der Waals surface area contributed by atoms with Crippen molar-refractivity contribution < 1.29 is 0 Å². The van der Waals surface area contributed by atoms with E-state index in [-0.39, 0.29) is 0 Å². The van der Waals surface area contributed by atoms with Crippen LogP contribution < -0.4 is 5.32 Å². The Morgan fingerprint density at radius 1 is 1.00 bits per heavy atom. The summed E-state index contributed by atoms with van der Waals surface area (Å²) >= 11 is 0. The fraction of sp³-hybridized carbons (Fsp3) is 0.375. The fourth-order valence-electron chi connectivity index (χ4n) is 1.98. The van der Waals surface area contributed by atoms with Crippen molar-refractivity contribution in [3.8, 4) is 11.3 Å². The van der Waals surface area contributed by atoms with Crippen LogP contribution in [0.25, 0.3) is 11.3 Å². The van der Waals surface area contributed by atoms with Gasteiger partial charge in [-0.25, -0.2) is 0 Å². The highest BCUT2D eigenvalue weighted by Gasteiger charge is 2.04. The van der Waals surface area contributed by atoms with Gasteiger partial charge in [-0.05, 0) is 37.0 Å². The molecule has 0 fully saturated rings. The van der Waals surface area contributed by atoms with Gasteiger partial charge in [0.25, 0.3) is 0 Å². The fourth-order valence-corrected chi connectivity index (χ4v) is 1.98. The first-order valence-electron chi connectivity index (χ1n) is 6.92. The summed E-state index contributed by atoms with van der Waals surface area (Å²) in [6, 6.07) is 12.6. The van der Waals surface area contributed by atoms with Gasteiger partial charge in [-0.15, -0.1) is 10.2 Å². The largest absolute Gasteiger partial charge is 0.369 e. The van der Waals surface area contributed by atoms with Crippen LogP contribution in [0.5, 0.6) is 0 Å². The molecule has 2 rings (SSSR count). The Labute approximate surface area is 115 Å². The Bertz CT molecular complexity index is 503. The molecule has 0 aliphatic rings. The van der Waals surface area contributed by atoms with Gasteiger partial charge in [-0.2, -0.15) is 0 Å². The maximum Gasteiger partial charge on any atom is 0.148 e. The Kier molecular flexibility index (Phi) is 4.50. The Hall–Kier alpha value is -1.90. The van der Waals surface area contributed by atoms with Crippen molar-refractivity contribution in [1.82, 2.24) is 10.2 Å².